The van der Waals surface area contributed by atoms with Crippen molar-refractivity contribution in [2.75, 3.05) is 0 Å². The van der Waals surface area contributed by atoms with Crippen LogP contribution in [0.2, 0.25) is 10.0 Å². The first-order chi connectivity index (χ1) is 13.9. The highest BCUT2D eigenvalue weighted by Gasteiger charge is 2.09. The van der Waals surface area contributed by atoms with E-state index < -0.39 is 0 Å². The van der Waals surface area contributed by atoms with E-state index in [-0.39, 0.29) is 5.91 Å². The molecule has 7 heteroatoms. The average molecular weight is 447 g/mol. The van der Waals surface area contributed by atoms with E-state index in [0.29, 0.717) is 28.1 Å². The quantitative estimate of drug-likeness (QED) is 0.331. The van der Waals surface area contributed by atoms with Crippen LogP contribution in [0.15, 0.2) is 59.0 Å². The van der Waals surface area contributed by atoms with Crippen LogP contribution < -0.4 is 10.2 Å². The summed E-state index contributed by atoms with van der Waals surface area (Å²) >= 11 is 13.5. The van der Waals surface area contributed by atoms with Gasteiger partial charge in [0.05, 0.1) is 21.8 Å². The number of hydrazone groups is 1. The fourth-order valence-corrected chi connectivity index (χ4v) is 3.68. The van der Waals surface area contributed by atoms with Crippen molar-refractivity contribution in [3.63, 3.8) is 0 Å². The summed E-state index contributed by atoms with van der Waals surface area (Å²) in [7, 11) is 0. The van der Waals surface area contributed by atoms with E-state index >= 15 is 0 Å². The van der Waals surface area contributed by atoms with Gasteiger partial charge in [-0.3, -0.25) is 4.79 Å². The molecule has 0 aliphatic carbocycles. The number of carbonyl (C=O) groups excluding carboxylic acids is 1. The fraction of sp³-hybridized carbons (Fsp3) is 0.182. The number of rotatable bonds is 7. The lowest BCUT2D eigenvalue weighted by atomic mass is 10.1. The van der Waals surface area contributed by atoms with E-state index in [0.717, 1.165) is 16.9 Å². The highest BCUT2D eigenvalue weighted by Crippen LogP contribution is 2.24. The van der Waals surface area contributed by atoms with Crippen LogP contribution in [0.5, 0.6) is 5.75 Å². The van der Waals surface area contributed by atoms with Crippen LogP contribution in [0, 0.1) is 0 Å². The Morgan fingerprint density at radius 1 is 1.14 bits per heavy atom. The number of nitrogens with one attached hydrogen (secondary N) is 1. The van der Waals surface area contributed by atoms with Crippen LogP contribution in [0.1, 0.15) is 46.1 Å². The monoisotopic (exact) mass is 446 g/mol. The first-order valence-electron chi connectivity index (χ1n) is 9.01. The Morgan fingerprint density at radius 3 is 2.55 bits per heavy atom. The largest absolute Gasteiger partial charge is 0.489 e. The van der Waals surface area contributed by atoms with Gasteiger partial charge in [-0.25, -0.2) is 5.43 Å². The number of benzene rings is 2. The van der Waals surface area contributed by atoms with E-state index in [4.69, 9.17) is 27.9 Å². The Morgan fingerprint density at radius 2 is 1.90 bits per heavy atom. The zero-order valence-electron chi connectivity index (χ0n) is 16.0. The minimum absolute atomic E-state index is 0.217. The Balaban J connectivity index is 1.51. The van der Waals surface area contributed by atoms with Gasteiger partial charge >= 0.3 is 0 Å². The minimum Gasteiger partial charge on any atom is -0.489 e. The molecule has 0 saturated heterocycles. The molecule has 0 aliphatic rings. The van der Waals surface area contributed by atoms with Crippen LogP contribution >= 0.6 is 34.5 Å². The number of carbonyl (C=O) groups is 1. The maximum Gasteiger partial charge on any atom is 0.272 e. The number of nitrogens with zero attached hydrogens (tertiary/aromatic N) is 1. The van der Waals surface area contributed by atoms with Gasteiger partial charge in [-0.05, 0) is 59.5 Å². The Labute approximate surface area is 184 Å². The molecule has 150 valence electrons. The van der Waals surface area contributed by atoms with Crippen LogP contribution in [-0.2, 0) is 6.61 Å². The van der Waals surface area contributed by atoms with E-state index in [9.17, 15) is 4.79 Å². The molecule has 0 radical (unpaired) electrons. The predicted octanol–water partition coefficient (Wildman–Crippen LogP) is 6.52. The number of ether oxygens (including phenoxy) is 1. The van der Waals surface area contributed by atoms with E-state index in [1.165, 1.54) is 4.88 Å². The normalized spacial score (nSPS) is 11.2. The number of thiophene rings is 1. The highest BCUT2D eigenvalue weighted by atomic mass is 35.5. The average Bonchev–Trinajstić information content (AvgIpc) is 3.20. The lowest BCUT2D eigenvalue weighted by molar-refractivity contribution is 0.0955. The number of amides is 1. The van der Waals surface area contributed by atoms with Crippen LogP contribution in [0.3, 0.4) is 0 Å². The molecule has 4 nitrogen and oxygen atoms in total. The number of hydrogen-bond acceptors (Lipinski definition) is 4. The molecular weight excluding hydrogens is 427 g/mol. The summed E-state index contributed by atoms with van der Waals surface area (Å²) in [5.74, 6) is 0.908. The van der Waals surface area contributed by atoms with Gasteiger partial charge in [0.15, 0.2) is 0 Å². The third-order valence-corrected chi connectivity index (χ3v) is 6.07. The summed E-state index contributed by atoms with van der Waals surface area (Å²) in [6.45, 7) is 4.59. The van der Waals surface area contributed by atoms with Gasteiger partial charge in [0.2, 0.25) is 0 Å². The fourth-order valence-electron chi connectivity index (χ4n) is 2.45. The molecule has 0 fully saturated rings. The molecule has 0 saturated carbocycles. The first kappa shape index (κ1) is 21.4. The molecule has 3 aromatic rings. The maximum atomic E-state index is 12.1. The van der Waals surface area contributed by atoms with Crippen molar-refractivity contribution in [3.05, 3.63) is 85.5 Å². The van der Waals surface area contributed by atoms with Gasteiger partial charge < -0.3 is 4.74 Å². The van der Waals surface area contributed by atoms with Gasteiger partial charge in [-0.1, -0.05) is 43.1 Å². The summed E-state index contributed by atoms with van der Waals surface area (Å²) in [6, 6.07) is 14.7. The molecule has 1 amide bonds. The minimum atomic E-state index is -0.217. The second-order valence-electron chi connectivity index (χ2n) is 6.70. The molecule has 1 N–H and O–H groups in total. The third-order valence-electron chi connectivity index (χ3n) is 4.10. The summed E-state index contributed by atoms with van der Waals surface area (Å²) in [5.41, 5.74) is 4.96. The lowest BCUT2D eigenvalue weighted by Crippen LogP contribution is -2.16. The molecule has 0 bridgehead atoms. The van der Waals surface area contributed by atoms with Gasteiger partial charge in [0, 0.05) is 10.3 Å². The van der Waals surface area contributed by atoms with E-state index in [2.05, 4.69) is 24.4 Å². The zero-order valence-corrected chi connectivity index (χ0v) is 18.3. The van der Waals surface area contributed by atoms with Crippen LogP contribution in [0.25, 0.3) is 0 Å². The molecule has 29 heavy (non-hydrogen) atoms. The molecule has 0 spiro atoms. The molecule has 1 heterocycles. The van der Waals surface area contributed by atoms with Crippen molar-refractivity contribution >= 4 is 46.7 Å². The van der Waals surface area contributed by atoms with Crippen LogP contribution in [0.4, 0.5) is 0 Å². The number of hydrogen-bond donors (Lipinski definition) is 1. The smallest absolute Gasteiger partial charge is 0.272 e. The van der Waals surface area contributed by atoms with Crippen LogP contribution in [-0.4, -0.2) is 12.1 Å². The van der Waals surface area contributed by atoms with Gasteiger partial charge in [0.25, 0.3) is 5.91 Å². The standard InChI is InChI=1S/C22H20Cl2N2O2S/c1-14(2)21-10-17(13-29-21)22(27)26-25-11-15-3-6-18(7-4-15)28-12-16-5-8-19(23)20(24)9-16/h3-11,13-14H,12H2,1-2H3,(H,26,27)/b25-11-. The summed E-state index contributed by atoms with van der Waals surface area (Å²) in [5, 5.41) is 6.90. The van der Waals surface area contributed by atoms with Crippen molar-refractivity contribution in [3.8, 4) is 5.75 Å². The molecule has 0 atom stereocenters. The third kappa shape index (κ3) is 6.07. The van der Waals surface area contributed by atoms with Gasteiger partial charge in [0.1, 0.15) is 12.4 Å². The van der Waals surface area contributed by atoms with Crippen molar-refractivity contribution in [1.82, 2.24) is 5.43 Å². The second kappa shape index (κ2) is 9.92. The second-order valence-corrected chi connectivity index (χ2v) is 8.45. The molecule has 1 aromatic heterocycles. The zero-order chi connectivity index (χ0) is 20.8. The van der Waals surface area contributed by atoms with Gasteiger partial charge in [-0.15, -0.1) is 11.3 Å². The summed E-state index contributed by atoms with van der Waals surface area (Å²) < 4.78 is 5.75. The molecule has 0 unspecified atom stereocenters. The summed E-state index contributed by atoms with van der Waals surface area (Å²) in [6.07, 6.45) is 1.59. The molecular formula is C22H20Cl2N2O2S. The first-order valence-corrected chi connectivity index (χ1v) is 10.6. The van der Waals surface area contributed by atoms with Crippen molar-refractivity contribution < 1.29 is 9.53 Å². The maximum absolute atomic E-state index is 12.1. The van der Waals surface area contributed by atoms with E-state index in [1.54, 1.807) is 29.7 Å². The molecule has 3 rings (SSSR count). The molecule has 2 aromatic carbocycles. The Bertz CT molecular complexity index is 1010. The Kier molecular flexibility index (Phi) is 7.31. The van der Waals surface area contributed by atoms with E-state index in [1.807, 2.05) is 41.8 Å². The van der Waals surface area contributed by atoms with Crippen molar-refractivity contribution in [2.45, 2.75) is 26.4 Å². The van der Waals surface area contributed by atoms with Crippen molar-refractivity contribution in [2.24, 2.45) is 5.10 Å². The number of halogens is 2. The highest BCUT2D eigenvalue weighted by molar-refractivity contribution is 7.10. The topological polar surface area (TPSA) is 50.7 Å². The SMILES string of the molecule is CC(C)c1cc(C(=O)N/N=C\c2ccc(OCc3ccc(Cl)c(Cl)c3)cc2)cs1. The summed E-state index contributed by atoms with van der Waals surface area (Å²) in [4.78, 5) is 13.3. The predicted molar refractivity (Wildman–Crippen MR) is 121 cm³/mol. The molecule has 0 aliphatic heterocycles. The Hall–Kier alpha value is -2.34. The van der Waals surface area contributed by atoms with Gasteiger partial charge in [-0.2, -0.15) is 5.10 Å². The van der Waals surface area contributed by atoms with Crippen molar-refractivity contribution in [1.29, 1.82) is 0 Å². The lowest BCUT2D eigenvalue weighted by Gasteiger charge is -2.07.